The Morgan fingerprint density at radius 2 is 2.00 bits per heavy atom. The molecule has 4 nitrogen and oxygen atoms in total. The second kappa shape index (κ2) is 6.85. The van der Waals surface area contributed by atoms with E-state index >= 15 is 0 Å². The van der Waals surface area contributed by atoms with Gasteiger partial charge in [-0.25, -0.2) is 4.79 Å². The molecule has 0 fully saturated rings. The average Bonchev–Trinajstić information content (AvgIpc) is 2.35. The lowest BCUT2D eigenvalue weighted by Gasteiger charge is -2.16. The molecule has 1 atom stereocenters. The largest absolute Gasteiger partial charge is 0.508 e. The molecule has 1 aromatic carbocycles. The summed E-state index contributed by atoms with van der Waals surface area (Å²) in [6, 6.07) is 9.43. The van der Waals surface area contributed by atoms with Gasteiger partial charge in [0.05, 0.1) is 13.7 Å². The molecule has 4 heteroatoms. The van der Waals surface area contributed by atoms with Crippen molar-refractivity contribution in [2.24, 2.45) is 0 Å². The van der Waals surface area contributed by atoms with Crippen molar-refractivity contribution in [3.8, 4) is 0 Å². The van der Waals surface area contributed by atoms with Crippen LogP contribution in [-0.4, -0.2) is 26.5 Å². The van der Waals surface area contributed by atoms with E-state index in [1.807, 2.05) is 37.3 Å². The van der Waals surface area contributed by atoms with Gasteiger partial charge in [-0.2, -0.15) is 0 Å². The monoisotopic (exact) mass is 224 g/mol. The standard InChI is InChI=1S/C12H16O4/c1-3-15-9-11(16-12(13)14-2)10-7-5-4-6-8-10/h4-8,11H,3,9H2,1-2H3. The Balaban J connectivity index is 2.67. The lowest BCUT2D eigenvalue weighted by molar-refractivity contribution is -0.00772. The Labute approximate surface area is 95.1 Å². The van der Waals surface area contributed by atoms with Crippen LogP contribution >= 0.6 is 0 Å². The lowest BCUT2D eigenvalue weighted by Crippen LogP contribution is -2.16. The first-order valence-electron chi connectivity index (χ1n) is 5.15. The Morgan fingerprint density at radius 1 is 1.31 bits per heavy atom. The molecule has 0 radical (unpaired) electrons. The summed E-state index contributed by atoms with van der Waals surface area (Å²) in [4.78, 5) is 11.1. The van der Waals surface area contributed by atoms with Crippen molar-refractivity contribution in [2.45, 2.75) is 13.0 Å². The predicted molar refractivity (Wildman–Crippen MR) is 59.2 cm³/mol. The minimum absolute atomic E-state index is 0.329. The van der Waals surface area contributed by atoms with Crippen molar-refractivity contribution >= 4 is 6.16 Å². The fraction of sp³-hybridized carbons (Fsp3) is 0.417. The molecular formula is C12H16O4. The van der Waals surface area contributed by atoms with Crippen LogP contribution in [-0.2, 0) is 14.2 Å². The van der Waals surface area contributed by atoms with Gasteiger partial charge < -0.3 is 14.2 Å². The minimum Gasteiger partial charge on any atom is -0.438 e. The Hall–Kier alpha value is -1.55. The van der Waals surface area contributed by atoms with Crippen LogP contribution < -0.4 is 0 Å². The zero-order chi connectivity index (χ0) is 11.8. The average molecular weight is 224 g/mol. The van der Waals surface area contributed by atoms with E-state index in [1.165, 1.54) is 7.11 Å². The molecule has 0 N–H and O–H groups in total. The van der Waals surface area contributed by atoms with Gasteiger partial charge in [0.2, 0.25) is 0 Å². The van der Waals surface area contributed by atoms with Crippen molar-refractivity contribution < 1.29 is 19.0 Å². The summed E-state index contributed by atoms with van der Waals surface area (Å²) in [5, 5.41) is 0. The summed E-state index contributed by atoms with van der Waals surface area (Å²) in [5.41, 5.74) is 0.890. The Morgan fingerprint density at radius 3 is 2.56 bits per heavy atom. The second-order valence-corrected chi connectivity index (χ2v) is 3.13. The number of hydrogen-bond donors (Lipinski definition) is 0. The van der Waals surface area contributed by atoms with Gasteiger partial charge in [-0.15, -0.1) is 0 Å². The van der Waals surface area contributed by atoms with Crippen LogP contribution in [0.15, 0.2) is 30.3 Å². The van der Waals surface area contributed by atoms with E-state index in [9.17, 15) is 4.79 Å². The third-order valence-corrected chi connectivity index (χ3v) is 2.05. The molecule has 88 valence electrons. The number of benzene rings is 1. The smallest absolute Gasteiger partial charge is 0.438 e. The van der Waals surface area contributed by atoms with Crippen molar-refractivity contribution in [2.75, 3.05) is 20.3 Å². The fourth-order valence-corrected chi connectivity index (χ4v) is 1.26. The van der Waals surface area contributed by atoms with Gasteiger partial charge in [-0.3, -0.25) is 0 Å². The number of carbonyl (C=O) groups is 1. The molecule has 0 heterocycles. The van der Waals surface area contributed by atoms with Gasteiger partial charge in [0, 0.05) is 6.61 Å². The molecule has 0 aromatic heterocycles. The summed E-state index contributed by atoms with van der Waals surface area (Å²) < 4.78 is 14.8. The van der Waals surface area contributed by atoms with Crippen LogP contribution in [0.5, 0.6) is 0 Å². The first-order chi connectivity index (χ1) is 7.77. The maximum absolute atomic E-state index is 11.1. The summed E-state index contributed by atoms with van der Waals surface area (Å²) in [7, 11) is 1.28. The molecule has 0 saturated heterocycles. The first kappa shape index (κ1) is 12.5. The highest BCUT2D eigenvalue weighted by molar-refractivity contribution is 5.60. The molecule has 0 amide bonds. The molecular weight excluding hydrogens is 208 g/mol. The van der Waals surface area contributed by atoms with E-state index in [-0.39, 0.29) is 0 Å². The third kappa shape index (κ3) is 3.90. The number of carbonyl (C=O) groups excluding carboxylic acids is 1. The second-order valence-electron chi connectivity index (χ2n) is 3.13. The first-order valence-corrected chi connectivity index (χ1v) is 5.15. The minimum atomic E-state index is -0.700. The van der Waals surface area contributed by atoms with Crippen LogP contribution in [0.3, 0.4) is 0 Å². The molecule has 0 aliphatic rings. The highest BCUT2D eigenvalue weighted by atomic mass is 16.7. The van der Waals surface area contributed by atoms with Crippen molar-refractivity contribution in [1.29, 1.82) is 0 Å². The van der Waals surface area contributed by atoms with Gasteiger partial charge >= 0.3 is 6.16 Å². The molecule has 0 aliphatic heterocycles. The third-order valence-electron chi connectivity index (χ3n) is 2.05. The lowest BCUT2D eigenvalue weighted by atomic mass is 10.1. The Bertz CT molecular complexity index is 310. The molecule has 1 unspecified atom stereocenters. The van der Waals surface area contributed by atoms with Crippen molar-refractivity contribution in [3.05, 3.63) is 35.9 Å². The topological polar surface area (TPSA) is 44.8 Å². The van der Waals surface area contributed by atoms with Gasteiger partial charge in [-0.05, 0) is 12.5 Å². The molecule has 16 heavy (non-hydrogen) atoms. The summed E-state index contributed by atoms with van der Waals surface area (Å²) in [5.74, 6) is 0. The quantitative estimate of drug-likeness (QED) is 0.721. The molecule has 1 rings (SSSR count). The van der Waals surface area contributed by atoms with Crippen molar-refractivity contribution in [3.63, 3.8) is 0 Å². The van der Waals surface area contributed by atoms with E-state index in [1.54, 1.807) is 0 Å². The zero-order valence-electron chi connectivity index (χ0n) is 9.51. The van der Waals surface area contributed by atoms with Gasteiger partial charge in [0.25, 0.3) is 0 Å². The number of ether oxygens (including phenoxy) is 3. The van der Waals surface area contributed by atoms with Gasteiger partial charge in [-0.1, -0.05) is 30.3 Å². The molecule has 0 aliphatic carbocycles. The normalized spacial score (nSPS) is 11.9. The Kier molecular flexibility index (Phi) is 5.36. The van der Waals surface area contributed by atoms with Gasteiger partial charge in [0.1, 0.15) is 0 Å². The zero-order valence-corrected chi connectivity index (χ0v) is 9.51. The maximum atomic E-state index is 11.1. The fourth-order valence-electron chi connectivity index (χ4n) is 1.26. The predicted octanol–water partition coefficient (Wildman–Crippen LogP) is 2.55. The number of rotatable bonds is 5. The highest BCUT2D eigenvalue weighted by Gasteiger charge is 2.16. The summed E-state index contributed by atoms with van der Waals surface area (Å²) >= 11 is 0. The molecule has 0 bridgehead atoms. The molecule has 0 saturated carbocycles. The molecule has 1 aromatic rings. The van der Waals surface area contributed by atoms with Crippen LogP contribution in [0.4, 0.5) is 4.79 Å². The van der Waals surface area contributed by atoms with Crippen LogP contribution in [0.25, 0.3) is 0 Å². The number of hydrogen-bond acceptors (Lipinski definition) is 4. The van der Waals surface area contributed by atoms with E-state index in [0.29, 0.717) is 13.2 Å². The van der Waals surface area contributed by atoms with Crippen molar-refractivity contribution in [1.82, 2.24) is 0 Å². The van der Waals surface area contributed by atoms with E-state index in [2.05, 4.69) is 4.74 Å². The van der Waals surface area contributed by atoms with Crippen LogP contribution in [0.2, 0.25) is 0 Å². The van der Waals surface area contributed by atoms with Crippen LogP contribution in [0, 0.1) is 0 Å². The van der Waals surface area contributed by atoms with Crippen LogP contribution in [0.1, 0.15) is 18.6 Å². The summed E-state index contributed by atoms with van der Waals surface area (Å²) in [6.07, 6.45) is -1.12. The van der Waals surface area contributed by atoms with E-state index < -0.39 is 12.3 Å². The van der Waals surface area contributed by atoms with E-state index in [0.717, 1.165) is 5.56 Å². The SMILES string of the molecule is CCOCC(OC(=O)OC)c1ccccc1. The van der Waals surface area contributed by atoms with Gasteiger partial charge in [0.15, 0.2) is 6.10 Å². The highest BCUT2D eigenvalue weighted by Crippen LogP contribution is 2.18. The maximum Gasteiger partial charge on any atom is 0.508 e. The molecule has 0 spiro atoms. The van der Waals surface area contributed by atoms with E-state index in [4.69, 9.17) is 9.47 Å². The summed E-state index contributed by atoms with van der Waals surface area (Å²) in [6.45, 7) is 2.80. The number of methoxy groups -OCH3 is 1.